The Hall–Kier alpha value is -1.95. The Morgan fingerprint density at radius 3 is 3.00 bits per heavy atom. The van der Waals surface area contributed by atoms with Crippen LogP contribution in [-0.4, -0.2) is 32.9 Å². The van der Waals surface area contributed by atoms with Crippen molar-refractivity contribution in [2.45, 2.75) is 38.5 Å². The highest BCUT2D eigenvalue weighted by Gasteiger charge is 2.15. The molecule has 1 fully saturated rings. The number of hydrogen-bond acceptors (Lipinski definition) is 5. The second kappa shape index (κ2) is 6.47. The van der Waals surface area contributed by atoms with Crippen LogP contribution in [0.25, 0.3) is 0 Å². The molecule has 2 heterocycles. The van der Waals surface area contributed by atoms with E-state index in [2.05, 4.69) is 15.4 Å². The third-order valence-corrected chi connectivity index (χ3v) is 3.28. The van der Waals surface area contributed by atoms with Crippen LogP contribution in [0.15, 0.2) is 30.3 Å². The maximum Gasteiger partial charge on any atom is 0.212 e. The van der Waals surface area contributed by atoms with Gasteiger partial charge < -0.3 is 9.47 Å². The lowest BCUT2D eigenvalue weighted by atomic mass is 10.2. The molecule has 3 rings (SSSR count). The van der Waals surface area contributed by atoms with Gasteiger partial charge in [-0.25, -0.2) is 0 Å². The molecule has 1 atom stereocenters. The number of para-hydroxylation sites is 1. The molecule has 2 aromatic rings. The molecule has 106 valence electrons. The fourth-order valence-corrected chi connectivity index (χ4v) is 2.23. The van der Waals surface area contributed by atoms with Crippen molar-refractivity contribution in [1.29, 1.82) is 0 Å². The summed E-state index contributed by atoms with van der Waals surface area (Å²) in [5.41, 5.74) is 0. The van der Waals surface area contributed by atoms with Gasteiger partial charge in [0.05, 0.1) is 12.6 Å². The van der Waals surface area contributed by atoms with E-state index in [1.807, 2.05) is 30.3 Å². The quantitative estimate of drug-likeness (QED) is 0.804. The van der Waals surface area contributed by atoms with Crippen LogP contribution in [0.1, 0.15) is 25.1 Å². The Labute approximate surface area is 117 Å². The van der Waals surface area contributed by atoms with E-state index in [4.69, 9.17) is 9.47 Å². The maximum atomic E-state index is 5.58. The number of rotatable bonds is 6. The lowest BCUT2D eigenvalue weighted by molar-refractivity contribution is 0.0981. The summed E-state index contributed by atoms with van der Waals surface area (Å²) in [6.45, 7) is 1.96. The van der Waals surface area contributed by atoms with Crippen molar-refractivity contribution in [1.82, 2.24) is 20.2 Å². The minimum absolute atomic E-state index is 0.337. The van der Waals surface area contributed by atoms with Crippen molar-refractivity contribution in [2.24, 2.45) is 0 Å². The first-order chi connectivity index (χ1) is 9.90. The van der Waals surface area contributed by atoms with Crippen molar-refractivity contribution >= 4 is 0 Å². The van der Waals surface area contributed by atoms with Gasteiger partial charge in [-0.2, -0.15) is 4.80 Å². The van der Waals surface area contributed by atoms with Gasteiger partial charge in [0.15, 0.2) is 6.61 Å². The molecule has 1 aliphatic rings. The van der Waals surface area contributed by atoms with Crippen LogP contribution < -0.4 is 4.74 Å². The van der Waals surface area contributed by atoms with Crippen molar-refractivity contribution in [3.05, 3.63) is 36.2 Å². The van der Waals surface area contributed by atoms with Gasteiger partial charge in [0, 0.05) is 6.61 Å². The molecule has 6 nitrogen and oxygen atoms in total. The maximum absolute atomic E-state index is 5.58. The SMILES string of the molecule is c1ccc(OCc2nnn(CCC3CCCO3)n2)cc1. The Morgan fingerprint density at radius 2 is 2.20 bits per heavy atom. The summed E-state index contributed by atoms with van der Waals surface area (Å²) in [5, 5.41) is 12.3. The molecule has 0 spiro atoms. The van der Waals surface area contributed by atoms with E-state index in [9.17, 15) is 0 Å². The molecule has 0 N–H and O–H groups in total. The van der Waals surface area contributed by atoms with Gasteiger partial charge in [-0.1, -0.05) is 18.2 Å². The van der Waals surface area contributed by atoms with E-state index in [0.717, 1.165) is 38.2 Å². The normalized spacial score (nSPS) is 18.3. The largest absolute Gasteiger partial charge is 0.485 e. The molecule has 0 radical (unpaired) electrons. The summed E-state index contributed by atoms with van der Waals surface area (Å²) in [4.78, 5) is 1.62. The fourth-order valence-electron chi connectivity index (χ4n) is 2.23. The van der Waals surface area contributed by atoms with Crippen molar-refractivity contribution in [3.8, 4) is 5.75 Å². The number of aromatic nitrogens is 4. The molecule has 1 saturated heterocycles. The zero-order valence-electron chi connectivity index (χ0n) is 11.3. The molecule has 6 heteroatoms. The number of ether oxygens (including phenoxy) is 2. The van der Waals surface area contributed by atoms with Gasteiger partial charge in [0.25, 0.3) is 0 Å². The van der Waals surface area contributed by atoms with Crippen LogP contribution in [-0.2, 0) is 17.9 Å². The molecule has 1 aromatic heterocycles. The predicted molar refractivity (Wildman–Crippen MR) is 72.2 cm³/mol. The lowest BCUT2D eigenvalue weighted by Gasteiger charge is -2.07. The monoisotopic (exact) mass is 274 g/mol. The van der Waals surface area contributed by atoms with Crippen LogP contribution in [0, 0.1) is 0 Å². The Bertz CT molecular complexity index is 523. The molecule has 20 heavy (non-hydrogen) atoms. The summed E-state index contributed by atoms with van der Waals surface area (Å²) in [7, 11) is 0. The fraction of sp³-hybridized carbons (Fsp3) is 0.500. The van der Waals surface area contributed by atoms with E-state index >= 15 is 0 Å². The summed E-state index contributed by atoms with van der Waals surface area (Å²) < 4.78 is 11.2. The first kappa shape index (κ1) is 13.1. The van der Waals surface area contributed by atoms with Crippen LogP contribution in [0.2, 0.25) is 0 Å². The second-order valence-corrected chi connectivity index (χ2v) is 4.83. The number of benzene rings is 1. The Morgan fingerprint density at radius 1 is 1.30 bits per heavy atom. The van der Waals surface area contributed by atoms with Crippen LogP contribution in [0.5, 0.6) is 5.75 Å². The standard InChI is InChI=1S/C14H18N4O2/c1-2-5-12(6-3-1)20-11-14-15-17-18(16-14)9-8-13-7-4-10-19-13/h1-3,5-6,13H,4,7-11H2. The molecular weight excluding hydrogens is 256 g/mol. The molecule has 0 amide bonds. The Balaban J connectivity index is 1.46. The third-order valence-electron chi connectivity index (χ3n) is 3.28. The Kier molecular flexibility index (Phi) is 4.22. The van der Waals surface area contributed by atoms with E-state index in [0.29, 0.717) is 18.5 Å². The highest BCUT2D eigenvalue weighted by atomic mass is 16.5. The molecule has 0 saturated carbocycles. The van der Waals surface area contributed by atoms with Gasteiger partial charge in [-0.05, 0) is 36.6 Å². The van der Waals surface area contributed by atoms with Crippen molar-refractivity contribution < 1.29 is 9.47 Å². The molecule has 0 aliphatic carbocycles. The second-order valence-electron chi connectivity index (χ2n) is 4.83. The van der Waals surface area contributed by atoms with Crippen LogP contribution in [0.3, 0.4) is 0 Å². The van der Waals surface area contributed by atoms with E-state index in [1.165, 1.54) is 0 Å². The highest BCUT2D eigenvalue weighted by Crippen LogP contribution is 2.15. The molecule has 0 bridgehead atoms. The van der Waals surface area contributed by atoms with Gasteiger partial charge in [-0.15, -0.1) is 10.2 Å². The number of nitrogens with zero attached hydrogens (tertiary/aromatic N) is 4. The molecule has 1 aliphatic heterocycles. The lowest BCUT2D eigenvalue weighted by Crippen LogP contribution is -2.12. The number of hydrogen-bond donors (Lipinski definition) is 0. The predicted octanol–water partition coefficient (Wildman–Crippen LogP) is 1.82. The number of aryl methyl sites for hydroxylation is 1. The zero-order valence-corrected chi connectivity index (χ0v) is 11.3. The third kappa shape index (κ3) is 3.54. The average Bonchev–Trinajstić information content (AvgIpc) is 3.16. The van der Waals surface area contributed by atoms with Gasteiger partial charge in [0.1, 0.15) is 5.75 Å². The average molecular weight is 274 g/mol. The summed E-state index contributed by atoms with van der Waals surface area (Å²) in [6, 6.07) is 9.62. The summed E-state index contributed by atoms with van der Waals surface area (Å²) in [5.74, 6) is 1.41. The topological polar surface area (TPSA) is 62.1 Å². The summed E-state index contributed by atoms with van der Waals surface area (Å²) in [6.07, 6.45) is 3.59. The molecule has 1 aromatic carbocycles. The first-order valence-electron chi connectivity index (χ1n) is 6.96. The van der Waals surface area contributed by atoms with Crippen molar-refractivity contribution in [2.75, 3.05) is 6.61 Å². The summed E-state index contributed by atoms with van der Waals surface area (Å²) >= 11 is 0. The molecule has 1 unspecified atom stereocenters. The highest BCUT2D eigenvalue weighted by molar-refractivity contribution is 5.20. The first-order valence-corrected chi connectivity index (χ1v) is 6.96. The van der Waals surface area contributed by atoms with Gasteiger partial charge in [-0.3, -0.25) is 0 Å². The van der Waals surface area contributed by atoms with Crippen molar-refractivity contribution in [3.63, 3.8) is 0 Å². The van der Waals surface area contributed by atoms with E-state index < -0.39 is 0 Å². The molecular formula is C14H18N4O2. The minimum Gasteiger partial charge on any atom is -0.485 e. The smallest absolute Gasteiger partial charge is 0.212 e. The van der Waals surface area contributed by atoms with Gasteiger partial charge >= 0.3 is 0 Å². The number of tetrazole rings is 1. The van der Waals surface area contributed by atoms with Crippen LogP contribution in [0.4, 0.5) is 0 Å². The van der Waals surface area contributed by atoms with E-state index in [1.54, 1.807) is 4.80 Å². The minimum atomic E-state index is 0.337. The zero-order chi connectivity index (χ0) is 13.6. The van der Waals surface area contributed by atoms with Gasteiger partial charge in [0.2, 0.25) is 5.82 Å². The van der Waals surface area contributed by atoms with E-state index in [-0.39, 0.29) is 0 Å². The van der Waals surface area contributed by atoms with Crippen LogP contribution >= 0.6 is 0 Å².